The number of alkyl halides is 2. The second-order valence-corrected chi connectivity index (χ2v) is 3.43. The van der Waals surface area contributed by atoms with E-state index in [1.807, 2.05) is 0 Å². The summed E-state index contributed by atoms with van der Waals surface area (Å²) in [6.07, 6.45) is 1.44. The third kappa shape index (κ3) is 1.83. The molecule has 0 bridgehead atoms. The molecule has 0 aromatic carbocycles. The summed E-state index contributed by atoms with van der Waals surface area (Å²) >= 11 is 0. The maximum absolute atomic E-state index is 13.4. The van der Waals surface area contributed by atoms with Gasteiger partial charge in [-0.1, -0.05) is 12.7 Å². The smallest absolute Gasteiger partial charge is 0.191 e. The molecule has 0 radical (unpaired) electrons. The van der Waals surface area contributed by atoms with Gasteiger partial charge in [-0.15, -0.1) is 0 Å². The molecule has 1 aliphatic heterocycles. The van der Waals surface area contributed by atoms with Crippen LogP contribution >= 0.6 is 0 Å². The third-order valence-corrected chi connectivity index (χ3v) is 2.33. The Kier molecular flexibility index (Phi) is 2.83. The van der Waals surface area contributed by atoms with E-state index in [-0.39, 0.29) is 0 Å². The van der Waals surface area contributed by atoms with Crippen molar-refractivity contribution in [2.24, 2.45) is 0 Å². The SMILES string of the molecule is C=CC(C)(F)C(F)N1CCCC1. The molecule has 0 N–H and O–H groups in total. The van der Waals surface area contributed by atoms with Crippen LogP contribution in [0, 0.1) is 0 Å². The van der Waals surface area contributed by atoms with E-state index in [0.29, 0.717) is 13.1 Å². The minimum absolute atomic E-state index is 0.661. The molecule has 12 heavy (non-hydrogen) atoms. The van der Waals surface area contributed by atoms with Gasteiger partial charge < -0.3 is 0 Å². The van der Waals surface area contributed by atoms with Crippen LogP contribution < -0.4 is 0 Å². The van der Waals surface area contributed by atoms with E-state index in [1.54, 1.807) is 0 Å². The fraction of sp³-hybridized carbons (Fsp3) is 0.778. The molecule has 1 fully saturated rings. The van der Waals surface area contributed by atoms with Crippen molar-refractivity contribution >= 4 is 0 Å². The number of halogens is 2. The molecule has 1 rings (SSSR count). The first kappa shape index (κ1) is 9.65. The molecule has 2 unspecified atom stereocenters. The van der Waals surface area contributed by atoms with Crippen molar-refractivity contribution < 1.29 is 8.78 Å². The molecule has 2 atom stereocenters. The molecular formula is C9H15F2N. The molecular weight excluding hydrogens is 160 g/mol. The summed E-state index contributed by atoms with van der Waals surface area (Å²) < 4.78 is 26.7. The van der Waals surface area contributed by atoms with Crippen molar-refractivity contribution in [2.45, 2.75) is 31.7 Å². The third-order valence-electron chi connectivity index (χ3n) is 2.33. The first-order chi connectivity index (χ1) is 5.58. The van der Waals surface area contributed by atoms with Gasteiger partial charge in [-0.25, -0.2) is 8.78 Å². The highest BCUT2D eigenvalue weighted by atomic mass is 19.2. The molecule has 70 valence electrons. The monoisotopic (exact) mass is 175 g/mol. The molecule has 0 spiro atoms. The van der Waals surface area contributed by atoms with Crippen LogP contribution in [0.15, 0.2) is 12.7 Å². The zero-order valence-corrected chi connectivity index (χ0v) is 7.39. The molecule has 0 aliphatic carbocycles. The number of rotatable bonds is 3. The highest BCUT2D eigenvalue weighted by Crippen LogP contribution is 2.26. The predicted molar refractivity (Wildman–Crippen MR) is 45.4 cm³/mol. The lowest BCUT2D eigenvalue weighted by Gasteiger charge is -2.28. The van der Waals surface area contributed by atoms with E-state index in [4.69, 9.17) is 0 Å². The highest BCUT2D eigenvalue weighted by molar-refractivity contribution is 4.98. The van der Waals surface area contributed by atoms with Gasteiger partial charge in [0, 0.05) is 13.1 Å². The van der Waals surface area contributed by atoms with Crippen LogP contribution in [0.4, 0.5) is 8.78 Å². The molecule has 1 saturated heterocycles. The van der Waals surface area contributed by atoms with Gasteiger partial charge in [-0.3, -0.25) is 4.90 Å². The Hall–Kier alpha value is -0.440. The Bertz CT molecular complexity index is 162. The lowest BCUT2D eigenvalue weighted by molar-refractivity contribution is -0.00471. The average molecular weight is 175 g/mol. The van der Waals surface area contributed by atoms with Crippen LogP contribution in [0.3, 0.4) is 0 Å². The lowest BCUT2D eigenvalue weighted by Crippen LogP contribution is -2.42. The quantitative estimate of drug-likeness (QED) is 0.470. The zero-order valence-electron chi connectivity index (χ0n) is 7.39. The van der Waals surface area contributed by atoms with Crippen LogP contribution in [-0.2, 0) is 0 Å². The van der Waals surface area contributed by atoms with Gasteiger partial charge in [0.2, 0.25) is 0 Å². The van der Waals surface area contributed by atoms with E-state index in [1.165, 1.54) is 11.8 Å². The Morgan fingerprint density at radius 2 is 2.00 bits per heavy atom. The Morgan fingerprint density at radius 1 is 1.50 bits per heavy atom. The number of nitrogens with zero attached hydrogens (tertiary/aromatic N) is 1. The fourth-order valence-corrected chi connectivity index (χ4v) is 1.42. The molecule has 0 aromatic heterocycles. The topological polar surface area (TPSA) is 3.24 Å². The molecule has 1 nitrogen and oxygen atoms in total. The van der Waals surface area contributed by atoms with Gasteiger partial charge >= 0.3 is 0 Å². The van der Waals surface area contributed by atoms with Crippen molar-refractivity contribution in [2.75, 3.05) is 13.1 Å². The van der Waals surface area contributed by atoms with E-state index in [0.717, 1.165) is 18.9 Å². The Morgan fingerprint density at radius 3 is 2.42 bits per heavy atom. The summed E-state index contributed by atoms with van der Waals surface area (Å²) in [6, 6.07) is 0. The zero-order chi connectivity index (χ0) is 9.19. The minimum Gasteiger partial charge on any atom is -0.271 e. The standard InChI is InChI=1S/C9H15F2N/c1-3-9(2,11)8(10)12-6-4-5-7-12/h3,8H,1,4-7H2,2H3. The normalized spacial score (nSPS) is 26.6. The van der Waals surface area contributed by atoms with Crippen molar-refractivity contribution in [1.82, 2.24) is 4.90 Å². The number of likely N-dealkylation sites (tertiary alicyclic amines) is 1. The fourth-order valence-electron chi connectivity index (χ4n) is 1.42. The van der Waals surface area contributed by atoms with Crippen molar-refractivity contribution in [1.29, 1.82) is 0 Å². The van der Waals surface area contributed by atoms with E-state index in [9.17, 15) is 8.78 Å². The van der Waals surface area contributed by atoms with Crippen molar-refractivity contribution in [3.05, 3.63) is 12.7 Å². The first-order valence-electron chi connectivity index (χ1n) is 4.28. The second-order valence-electron chi connectivity index (χ2n) is 3.43. The van der Waals surface area contributed by atoms with Crippen LogP contribution in [0.2, 0.25) is 0 Å². The maximum Gasteiger partial charge on any atom is 0.191 e. The summed E-state index contributed by atoms with van der Waals surface area (Å²) in [5, 5.41) is 0. The van der Waals surface area contributed by atoms with Gasteiger partial charge in [0.1, 0.15) is 0 Å². The highest BCUT2D eigenvalue weighted by Gasteiger charge is 2.37. The number of hydrogen-bond acceptors (Lipinski definition) is 1. The predicted octanol–water partition coefficient (Wildman–Crippen LogP) is 2.29. The van der Waals surface area contributed by atoms with Gasteiger partial charge in [-0.2, -0.15) is 0 Å². The molecule has 0 saturated carbocycles. The van der Waals surface area contributed by atoms with Crippen molar-refractivity contribution in [3.63, 3.8) is 0 Å². The Labute approximate surface area is 72.1 Å². The Balaban J connectivity index is 2.55. The molecule has 3 heteroatoms. The van der Waals surface area contributed by atoms with E-state index < -0.39 is 12.0 Å². The average Bonchev–Trinajstić information content (AvgIpc) is 2.55. The van der Waals surface area contributed by atoms with Gasteiger partial charge in [0.15, 0.2) is 12.0 Å². The molecule has 0 amide bonds. The lowest BCUT2D eigenvalue weighted by atomic mass is 10.1. The van der Waals surface area contributed by atoms with Gasteiger partial charge in [-0.05, 0) is 19.8 Å². The number of hydrogen-bond donors (Lipinski definition) is 0. The van der Waals surface area contributed by atoms with Crippen LogP contribution in [0.5, 0.6) is 0 Å². The largest absolute Gasteiger partial charge is 0.271 e. The molecule has 0 aromatic rings. The second kappa shape index (κ2) is 3.52. The molecule has 1 heterocycles. The van der Waals surface area contributed by atoms with Crippen LogP contribution in [-0.4, -0.2) is 30.0 Å². The maximum atomic E-state index is 13.4. The summed E-state index contributed by atoms with van der Waals surface area (Å²) in [6.45, 7) is 5.83. The van der Waals surface area contributed by atoms with E-state index in [2.05, 4.69) is 6.58 Å². The molecule has 1 aliphatic rings. The van der Waals surface area contributed by atoms with Gasteiger partial charge in [0.05, 0.1) is 0 Å². The minimum atomic E-state index is -1.91. The first-order valence-corrected chi connectivity index (χ1v) is 4.28. The van der Waals surface area contributed by atoms with Crippen molar-refractivity contribution in [3.8, 4) is 0 Å². The summed E-state index contributed by atoms with van der Waals surface area (Å²) in [5.74, 6) is 0. The summed E-state index contributed by atoms with van der Waals surface area (Å²) in [5.41, 5.74) is -1.91. The summed E-state index contributed by atoms with van der Waals surface area (Å²) in [4.78, 5) is 1.53. The van der Waals surface area contributed by atoms with Gasteiger partial charge in [0.25, 0.3) is 0 Å². The van der Waals surface area contributed by atoms with Crippen LogP contribution in [0.25, 0.3) is 0 Å². The van der Waals surface area contributed by atoms with Crippen LogP contribution in [0.1, 0.15) is 19.8 Å². The van der Waals surface area contributed by atoms with E-state index >= 15 is 0 Å². The summed E-state index contributed by atoms with van der Waals surface area (Å²) in [7, 11) is 0.